The van der Waals surface area contributed by atoms with Crippen molar-refractivity contribution in [2.75, 3.05) is 32.5 Å². The average molecular weight is 528 g/mol. The molecule has 8 heteroatoms. The number of thioether (sulfide) groups is 1. The van der Waals surface area contributed by atoms with Gasteiger partial charge in [0.25, 0.3) is 5.91 Å². The number of likely N-dealkylation sites (tertiary alicyclic amines) is 2. The molecule has 0 aromatic heterocycles. The lowest BCUT2D eigenvalue weighted by atomic mass is 9.87. The van der Waals surface area contributed by atoms with E-state index in [1.54, 1.807) is 16.7 Å². The van der Waals surface area contributed by atoms with Gasteiger partial charge in [-0.15, -0.1) is 0 Å². The molecule has 1 saturated carbocycles. The highest BCUT2D eigenvalue weighted by Gasteiger charge is 2.53. The van der Waals surface area contributed by atoms with E-state index in [2.05, 4.69) is 43.1 Å². The number of amides is 2. The van der Waals surface area contributed by atoms with Gasteiger partial charge in [-0.25, -0.2) is 0 Å². The first kappa shape index (κ1) is 26.7. The van der Waals surface area contributed by atoms with Crippen molar-refractivity contribution in [3.8, 4) is 0 Å². The van der Waals surface area contributed by atoms with E-state index in [0.717, 1.165) is 19.1 Å². The van der Waals surface area contributed by atoms with E-state index in [-0.39, 0.29) is 41.0 Å². The Bertz CT molecular complexity index is 1010. The van der Waals surface area contributed by atoms with Crippen molar-refractivity contribution in [3.63, 3.8) is 0 Å². The van der Waals surface area contributed by atoms with Gasteiger partial charge in [-0.05, 0) is 80.5 Å². The van der Waals surface area contributed by atoms with E-state index < -0.39 is 12.1 Å². The Labute approximate surface area is 225 Å². The molecule has 1 aliphatic carbocycles. The van der Waals surface area contributed by atoms with Gasteiger partial charge in [0.05, 0.1) is 11.4 Å². The van der Waals surface area contributed by atoms with Crippen LogP contribution in [0, 0.1) is 5.41 Å². The zero-order valence-corrected chi connectivity index (χ0v) is 23.4. The third-order valence-corrected chi connectivity index (χ3v) is 9.40. The molecule has 0 radical (unpaired) electrons. The van der Waals surface area contributed by atoms with Crippen LogP contribution in [0.2, 0.25) is 0 Å². The van der Waals surface area contributed by atoms with Crippen LogP contribution in [0.3, 0.4) is 0 Å². The van der Waals surface area contributed by atoms with E-state index in [1.807, 2.05) is 18.4 Å². The number of hydrogen-bond acceptors (Lipinski definition) is 6. The number of ketones is 1. The molecule has 4 fully saturated rings. The number of rotatable bonds is 7. The van der Waals surface area contributed by atoms with Crippen molar-refractivity contribution in [2.45, 2.75) is 88.3 Å². The molecule has 0 bridgehead atoms. The van der Waals surface area contributed by atoms with Crippen molar-refractivity contribution in [1.29, 1.82) is 0 Å². The third kappa shape index (κ3) is 5.91. The number of nitrogens with zero attached hydrogens (tertiary/aromatic N) is 2. The summed E-state index contributed by atoms with van der Waals surface area (Å²) in [5.41, 5.74) is 1.67. The number of carbonyl (C=O) groups excluding carboxylic acids is 3. The number of carbonyl (C=O) groups is 3. The molecule has 3 saturated heterocycles. The molecule has 1 aromatic rings. The zero-order valence-electron chi connectivity index (χ0n) is 22.6. The van der Waals surface area contributed by atoms with Crippen LogP contribution in [-0.2, 0) is 14.3 Å². The number of piperidine rings is 1. The first-order valence-corrected chi connectivity index (χ1v) is 15.1. The number of fused-ring (bicyclic) bond motifs is 1. The lowest BCUT2D eigenvalue weighted by molar-refractivity contribution is -0.138. The third-order valence-electron chi connectivity index (χ3n) is 8.38. The molecule has 2 amide bonds. The molecule has 202 valence electrons. The smallest absolute Gasteiger partial charge is 0.251 e. The highest BCUT2D eigenvalue weighted by atomic mass is 32.2. The largest absolute Gasteiger partial charge is 0.367 e. The number of nitrogens with one attached hydrogen (secondary N) is 1. The molecule has 7 nitrogen and oxygen atoms in total. The summed E-state index contributed by atoms with van der Waals surface area (Å²) >= 11 is 1.62. The van der Waals surface area contributed by atoms with Crippen LogP contribution in [0.15, 0.2) is 24.3 Å². The van der Waals surface area contributed by atoms with Crippen molar-refractivity contribution >= 4 is 29.4 Å². The van der Waals surface area contributed by atoms with Gasteiger partial charge in [0.1, 0.15) is 18.7 Å². The van der Waals surface area contributed by atoms with Crippen LogP contribution in [0.5, 0.6) is 0 Å². The Balaban J connectivity index is 1.26. The van der Waals surface area contributed by atoms with Crippen LogP contribution in [-0.4, -0.2) is 89.4 Å². The van der Waals surface area contributed by atoms with E-state index in [1.165, 1.54) is 31.2 Å². The number of Topliss-reactive ketones (excluding diaryl/α,β-unsaturated/α-hetero) is 1. The molecule has 1 N–H and O–H groups in total. The summed E-state index contributed by atoms with van der Waals surface area (Å²) in [7, 11) is 0. The monoisotopic (exact) mass is 527 g/mol. The van der Waals surface area contributed by atoms with Crippen molar-refractivity contribution in [1.82, 2.24) is 15.1 Å². The second-order valence-corrected chi connectivity index (χ2v) is 13.5. The lowest BCUT2D eigenvalue weighted by Gasteiger charge is -2.32. The maximum Gasteiger partial charge on any atom is 0.251 e. The Hall–Kier alpha value is -1.90. The lowest BCUT2D eigenvalue weighted by Crippen LogP contribution is -2.53. The molecule has 37 heavy (non-hydrogen) atoms. The highest BCUT2D eigenvalue weighted by Crippen LogP contribution is 2.36. The van der Waals surface area contributed by atoms with Gasteiger partial charge >= 0.3 is 0 Å². The fraction of sp³-hybridized carbons (Fsp3) is 0.690. The van der Waals surface area contributed by atoms with Gasteiger partial charge in [-0.1, -0.05) is 32.9 Å². The van der Waals surface area contributed by atoms with Crippen molar-refractivity contribution < 1.29 is 19.1 Å². The standard InChI is InChI=1S/C29H41N3O4S/c1-29(2,3)15-22(28(35)32-16-24(37-4)26-25(32)23(33)17-36-26)30-27(34)20-7-5-18(6-8-20)19-11-13-31(14-12-19)21-9-10-21/h5-8,19,21-22,24-26H,9-17H2,1-4H3,(H,30,34)/t22-,24-,25+,26+/m0/s1. The summed E-state index contributed by atoms with van der Waals surface area (Å²) in [6, 6.07) is 7.52. The molecule has 0 spiro atoms. The number of ether oxygens (including phenoxy) is 1. The number of benzene rings is 1. The molecule has 4 atom stereocenters. The normalized spacial score (nSPS) is 27.8. The minimum absolute atomic E-state index is 0.0470. The highest BCUT2D eigenvalue weighted by molar-refractivity contribution is 7.99. The maximum atomic E-state index is 13.8. The molecule has 0 unspecified atom stereocenters. The Morgan fingerprint density at radius 1 is 1.11 bits per heavy atom. The van der Waals surface area contributed by atoms with Gasteiger partial charge in [0, 0.05) is 18.2 Å². The van der Waals surface area contributed by atoms with Crippen LogP contribution in [0.25, 0.3) is 0 Å². The molecule has 3 heterocycles. The minimum atomic E-state index is -0.700. The van der Waals surface area contributed by atoms with Gasteiger partial charge in [-0.2, -0.15) is 11.8 Å². The van der Waals surface area contributed by atoms with Crippen molar-refractivity contribution in [2.24, 2.45) is 5.41 Å². The van der Waals surface area contributed by atoms with E-state index in [4.69, 9.17) is 4.74 Å². The summed E-state index contributed by atoms with van der Waals surface area (Å²) in [5, 5.41) is 3.09. The van der Waals surface area contributed by atoms with E-state index in [9.17, 15) is 14.4 Å². The summed E-state index contributed by atoms with van der Waals surface area (Å²) in [4.78, 5) is 43.9. The van der Waals surface area contributed by atoms with Crippen LogP contribution in [0.4, 0.5) is 0 Å². The Morgan fingerprint density at radius 3 is 2.38 bits per heavy atom. The van der Waals surface area contributed by atoms with Crippen LogP contribution in [0.1, 0.15) is 74.7 Å². The number of hydrogen-bond donors (Lipinski definition) is 1. The molecule has 4 aliphatic rings. The first-order chi connectivity index (χ1) is 17.6. The van der Waals surface area contributed by atoms with E-state index >= 15 is 0 Å². The molecule has 1 aromatic carbocycles. The van der Waals surface area contributed by atoms with Crippen LogP contribution >= 0.6 is 11.8 Å². The fourth-order valence-electron chi connectivity index (χ4n) is 6.25. The second kappa shape index (κ2) is 10.7. The topological polar surface area (TPSA) is 79.0 Å². The summed E-state index contributed by atoms with van der Waals surface area (Å²) in [6.07, 6.45) is 7.26. The second-order valence-electron chi connectivity index (χ2n) is 12.4. The maximum absolute atomic E-state index is 13.8. The summed E-state index contributed by atoms with van der Waals surface area (Å²) in [6.45, 7) is 9.03. The zero-order chi connectivity index (χ0) is 26.3. The van der Waals surface area contributed by atoms with Gasteiger partial charge in [0.15, 0.2) is 5.78 Å². The SMILES string of the molecule is CS[C@H]1CN(C(=O)[C@H](CC(C)(C)C)NC(=O)c2ccc(C3CCN(C4CC4)CC3)cc2)[C@@H]2C(=O)CO[C@H]12. The summed E-state index contributed by atoms with van der Waals surface area (Å²) < 4.78 is 5.73. The van der Waals surface area contributed by atoms with Gasteiger partial charge in [-0.3, -0.25) is 14.4 Å². The molecule has 5 rings (SSSR count). The Kier molecular flexibility index (Phi) is 7.72. The van der Waals surface area contributed by atoms with Gasteiger partial charge in [0.2, 0.25) is 5.91 Å². The Morgan fingerprint density at radius 2 is 1.78 bits per heavy atom. The van der Waals surface area contributed by atoms with Crippen molar-refractivity contribution in [3.05, 3.63) is 35.4 Å². The quantitative estimate of drug-likeness (QED) is 0.585. The predicted molar refractivity (Wildman–Crippen MR) is 146 cm³/mol. The predicted octanol–water partition coefficient (Wildman–Crippen LogP) is 3.47. The first-order valence-electron chi connectivity index (χ1n) is 13.8. The van der Waals surface area contributed by atoms with E-state index in [0.29, 0.717) is 24.4 Å². The molecular formula is C29H41N3O4S. The van der Waals surface area contributed by atoms with Gasteiger partial charge < -0.3 is 19.9 Å². The average Bonchev–Trinajstić information content (AvgIpc) is 3.56. The van der Waals surface area contributed by atoms with Crippen LogP contribution < -0.4 is 5.32 Å². The fourth-order valence-corrected chi connectivity index (χ4v) is 7.05. The minimum Gasteiger partial charge on any atom is -0.367 e. The molecular weight excluding hydrogens is 486 g/mol. The summed E-state index contributed by atoms with van der Waals surface area (Å²) in [5.74, 6) is 0.0619. The molecule has 3 aliphatic heterocycles.